The van der Waals surface area contributed by atoms with E-state index in [2.05, 4.69) is 25.2 Å². The van der Waals surface area contributed by atoms with Crippen LogP contribution >= 0.6 is 0 Å². The van der Waals surface area contributed by atoms with Gasteiger partial charge in [-0.1, -0.05) is 18.2 Å². The third-order valence-electron chi connectivity index (χ3n) is 2.00. The summed E-state index contributed by atoms with van der Waals surface area (Å²) in [5.41, 5.74) is 1.42. The van der Waals surface area contributed by atoms with E-state index in [0.29, 0.717) is 6.10 Å². The van der Waals surface area contributed by atoms with Crippen LogP contribution in [0.4, 0.5) is 0 Å². The molecule has 0 aromatic rings. The summed E-state index contributed by atoms with van der Waals surface area (Å²) < 4.78 is 5.18. The molecule has 1 aliphatic rings. The number of allylic oxidation sites excluding steroid dienone is 3. The Morgan fingerprint density at radius 1 is 1.55 bits per heavy atom. The Morgan fingerprint density at radius 2 is 2.36 bits per heavy atom. The Labute approximate surface area is 68.8 Å². The maximum atomic E-state index is 5.18. The number of ether oxygens (including phenoxy) is 1. The average molecular weight is 152 g/mol. The highest BCUT2D eigenvalue weighted by Crippen LogP contribution is 2.15. The van der Waals surface area contributed by atoms with Crippen LogP contribution < -0.4 is 0 Å². The maximum absolute atomic E-state index is 5.18. The summed E-state index contributed by atoms with van der Waals surface area (Å²) in [5, 5.41) is 0. The molecule has 0 aliphatic heterocycles. The number of hydrogen-bond acceptors (Lipinski definition) is 1. The van der Waals surface area contributed by atoms with Gasteiger partial charge in [0.05, 0.1) is 6.10 Å². The highest BCUT2D eigenvalue weighted by atomic mass is 16.5. The molecule has 1 rings (SSSR count). The average Bonchev–Trinajstić information content (AvgIpc) is 2.06. The standard InChI is InChI=1S/C10H16O/c1-9(11-2)8-10-6-4-3-5-7-10/h4,6-7,9H,3,5,8H2,1-2H3. The van der Waals surface area contributed by atoms with Gasteiger partial charge in [-0.05, 0) is 31.8 Å². The van der Waals surface area contributed by atoms with Crippen LogP contribution in [-0.2, 0) is 4.74 Å². The lowest BCUT2D eigenvalue weighted by molar-refractivity contribution is 0.119. The van der Waals surface area contributed by atoms with Crippen molar-refractivity contribution in [3.8, 4) is 0 Å². The summed E-state index contributed by atoms with van der Waals surface area (Å²) in [6, 6.07) is 0. The highest BCUT2D eigenvalue weighted by Gasteiger charge is 2.03. The number of hydrogen-bond donors (Lipinski definition) is 0. The van der Waals surface area contributed by atoms with E-state index in [-0.39, 0.29) is 0 Å². The molecule has 0 bridgehead atoms. The van der Waals surface area contributed by atoms with E-state index in [4.69, 9.17) is 4.74 Å². The van der Waals surface area contributed by atoms with E-state index in [1.807, 2.05) is 0 Å². The minimum Gasteiger partial charge on any atom is -0.381 e. The molecule has 0 radical (unpaired) electrons. The minimum atomic E-state index is 0.351. The topological polar surface area (TPSA) is 9.23 Å². The van der Waals surface area contributed by atoms with Crippen molar-refractivity contribution in [1.82, 2.24) is 0 Å². The van der Waals surface area contributed by atoms with Gasteiger partial charge < -0.3 is 4.74 Å². The van der Waals surface area contributed by atoms with Crippen LogP contribution in [0.2, 0.25) is 0 Å². The van der Waals surface area contributed by atoms with Crippen LogP contribution in [-0.4, -0.2) is 13.2 Å². The highest BCUT2D eigenvalue weighted by molar-refractivity contribution is 5.22. The van der Waals surface area contributed by atoms with Crippen molar-refractivity contribution < 1.29 is 4.74 Å². The quantitative estimate of drug-likeness (QED) is 0.604. The molecule has 0 saturated carbocycles. The summed E-state index contributed by atoms with van der Waals surface area (Å²) in [7, 11) is 1.76. The Bertz CT molecular complexity index is 168. The number of rotatable bonds is 3. The van der Waals surface area contributed by atoms with Crippen LogP contribution in [0.5, 0.6) is 0 Å². The van der Waals surface area contributed by atoms with Crippen molar-refractivity contribution in [2.45, 2.75) is 32.3 Å². The van der Waals surface area contributed by atoms with Crippen LogP contribution in [0.1, 0.15) is 26.2 Å². The lowest BCUT2D eigenvalue weighted by Gasteiger charge is -2.11. The van der Waals surface area contributed by atoms with Gasteiger partial charge in [0.1, 0.15) is 0 Å². The summed E-state index contributed by atoms with van der Waals surface area (Å²) in [4.78, 5) is 0. The van der Waals surface area contributed by atoms with Gasteiger partial charge in [0.2, 0.25) is 0 Å². The molecule has 62 valence electrons. The molecule has 1 unspecified atom stereocenters. The summed E-state index contributed by atoms with van der Waals surface area (Å²) in [5.74, 6) is 0. The zero-order valence-corrected chi connectivity index (χ0v) is 7.34. The smallest absolute Gasteiger partial charge is 0.0583 e. The molecule has 1 aliphatic carbocycles. The van der Waals surface area contributed by atoms with E-state index in [0.717, 1.165) is 6.42 Å². The lowest BCUT2D eigenvalue weighted by Crippen LogP contribution is -2.05. The SMILES string of the molecule is COC(C)CC1=CCCC=C1. The molecule has 1 nitrogen and oxygen atoms in total. The van der Waals surface area contributed by atoms with E-state index in [1.165, 1.54) is 18.4 Å². The molecule has 0 fully saturated rings. The minimum absolute atomic E-state index is 0.351. The third kappa shape index (κ3) is 2.89. The summed E-state index contributed by atoms with van der Waals surface area (Å²) in [6.07, 6.45) is 10.5. The van der Waals surface area contributed by atoms with Crippen LogP contribution in [0.25, 0.3) is 0 Å². The molecule has 0 amide bonds. The monoisotopic (exact) mass is 152 g/mol. The Hall–Kier alpha value is -0.560. The second-order valence-electron chi connectivity index (χ2n) is 3.01. The van der Waals surface area contributed by atoms with Gasteiger partial charge in [0.25, 0.3) is 0 Å². The predicted molar refractivity (Wildman–Crippen MR) is 47.5 cm³/mol. The van der Waals surface area contributed by atoms with Gasteiger partial charge in [-0.2, -0.15) is 0 Å². The molecular formula is C10H16O. The summed E-state index contributed by atoms with van der Waals surface area (Å²) >= 11 is 0. The van der Waals surface area contributed by atoms with E-state index in [1.54, 1.807) is 7.11 Å². The lowest BCUT2D eigenvalue weighted by atomic mass is 10.0. The molecule has 0 aromatic heterocycles. The molecule has 0 heterocycles. The van der Waals surface area contributed by atoms with Gasteiger partial charge >= 0.3 is 0 Å². The van der Waals surface area contributed by atoms with Crippen LogP contribution in [0.15, 0.2) is 23.8 Å². The van der Waals surface area contributed by atoms with Gasteiger partial charge in [-0.15, -0.1) is 0 Å². The zero-order chi connectivity index (χ0) is 8.10. The normalized spacial score (nSPS) is 19.6. The predicted octanol–water partition coefficient (Wildman–Crippen LogP) is 2.69. The Morgan fingerprint density at radius 3 is 2.91 bits per heavy atom. The first-order valence-corrected chi connectivity index (χ1v) is 4.21. The molecule has 0 aromatic carbocycles. The first-order valence-electron chi connectivity index (χ1n) is 4.21. The van der Waals surface area contributed by atoms with Crippen molar-refractivity contribution in [2.24, 2.45) is 0 Å². The van der Waals surface area contributed by atoms with Crippen LogP contribution in [0.3, 0.4) is 0 Å². The first-order chi connectivity index (χ1) is 5.33. The van der Waals surface area contributed by atoms with E-state index >= 15 is 0 Å². The molecule has 1 heteroatoms. The fourth-order valence-electron chi connectivity index (χ4n) is 1.23. The number of methoxy groups -OCH3 is 1. The molecule has 11 heavy (non-hydrogen) atoms. The third-order valence-corrected chi connectivity index (χ3v) is 2.00. The maximum Gasteiger partial charge on any atom is 0.0583 e. The molecule has 0 saturated heterocycles. The largest absolute Gasteiger partial charge is 0.381 e. The Balaban J connectivity index is 2.36. The van der Waals surface area contributed by atoms with Crippen molar-refractivity contribution in [2.75, 3.05) is 7.11 Å². The van der Waals surface area contributed by atoms with Crippen molar-refractivity contribution in [1.29, 1.82) is 0 Å². The summed E-state index contributed by atoms with van der Waals surface area (Å²) in [6.45, 7) is 2.10. The molecule has 0 spiro atoms. The van der Waals surface area contributed by atoms with Gasteiger partial charge in [-0.25, -0.2) is 0 Å². The van der Waals surface area contributed by atoms with Gasteiger partial charge in [-0.3, -0.25) is 0 Å². The molecule has 1 atom stereocenters. The van der Waals surface area contributed by atoms with Gasteiger partial charge in [0, 0.05) is 7.11 Å². The fourth-order valence-corrected chi connectivity index (χ4v) is 1.23. The molecular weight excluding hydrogens is 136 g/mol. The fraction of sp³-hybridized carbons (Fsp3) is 0.600. The second kappa shape index (κ2) is 4.35. The van der Waals surface area contributed by atoms with Crippen molar-refractivity contribution in [3.63, 3.8) is 0 Å². The first kappa shape index (κ1) is 8.54. The zero-order valence-electron chi connectivity index (χ0n) is 7.34. The molecule has 0 N–H and O–H groups in total. The van der Waals surface area contributed by atoms with Gasteiger partial charge in [0.15, 0.2) is 0 Å². The van der Waals surface area contributed by atoms with E-state index in [9.17, 15) is 0 Å². The van der Waals surface area contributed by atoms with Crippen LogP contribution in [0, 0.1) is 0 Å². The van der Waals surface area contributed by atoms with Crippen molar-refractivity contribution in [3.05, 3.63) is 23.8 Å². The Kier molecular flexibility index (Phi) is 3.37. The van der Waals surface area contributed by atoms with Crippen molar-refractivity contribution >= 4 is 0 Å². The van der Waals surface area contributed by atoms with E-state index < -0.39 is 0 Å². The second-order valence-corrected chi connectivity index (χ2v) is 3.01.